The SMILES string of the molecule is CCCN(Cc1cc(=O)c(O)co1)C1CCC(N)CC1. The quantitative estimate of drug-likeness (QED) is 0.860. The minimum absolute atomic E-state index is 0.334. The molecule has 1 aliphatic carbocycles. The van der Waals surface area contributed by atoms with Gasteiger partial charge in [-0.25, -0.2) is 0 Å². The molecule has 5 nitrogen and oxygen atoms in total. The molecule has 20 heavy (non-hydrogen) atoms. The van der Waals surface area contributed by atoms with E-state index < -0.39 is 0 Å². The second-order valence-electron chi connectivity index (χ2n) is 5.63. The van der Waals surface area contributed by atoms with Crippen LogP contribution in [0.3, 0.4) is 0 Å². The Bertz CT molecular complexity index is 478. The first-order chi connectivity index (χ1) is 9.60. The Balaban J connectivity index is 2.04. The first-order valence-electron chi connectivity index (χ1n) is 7.40. The molecule has 0 atom stereocenters. The van der Waals surface area contributed by atoms with Gasteiger partial charge in [0.15, 0.2) is 5.75 Å². The third-order valence-corrected chi connectivity index (χ3v) is 3.99. The van der Waals surface area contributed by atoms with E-state index in [1.54, 1.807) is 0 Å². The van der Waals surface area contributed by atoms with Crippen LogP contribution in [-0.4, -0.2) is 28.6 Å². The molecular formula is C15H24N2O3. The monoisotopic (exact) mass is 280 g/mol. The summed E-state index contributed by atoms with van der Waals surface area (Å²) in [5.74, 6) is 0.274. The fourth-order valence-corrected chi connectivity index (χ4v) is 2.87. The molecule has 0 aromatic carbocycles. The number of hydrogen-bond acceptors (Lipinski definition) is 5. The average Bonchev–Trinajstić information content (AvgIpc) is 2.43. The van der Waals surface area contributed by atoms with Crippen LogP contribution in [0.5, 0.6) is 5.75 Å². The van der Waals surface area contributed by atoms with Crippen molar-refractivity contribution >= 4 is 0 Å². The molecule has 1 heterocycles. The fourth-order valence-electron chi connectivity index (χ4n) is 2.87. The van der Waals surface area contributed by atoms with Crippen LogP contribution in [0.25, 0.3) is 0 Å². The van der Waals surface area contributed by atoms with Gasteiger partial charge in [0.2, 0.25) is 5.43 Å². The van der Waals surface area contributed by atoms with Crippen LogP contribution in [0.15, 0.2) is 21.5 Å². The molecule has 5 heteroatoms. The maximum Gasteiger partial charge on any atom is 0.226 e. The van der Waals surface area contributed by atoms with Gasteiger partial charge in [0, 0.05) is 18.2 Å². The van der Waals surface area contributed by atoms with E-state index in [1.807, 2.05) is 0 Å². The van der Waals surface area contributed by atoms with Gasteiger partial charge in [-0.1, -0.05) is 6.92 Å². The third-order valence-electron chi connectivity index (χ3n) is 3.99. The Labute approximate surface area is 119 Å². The molecule has 0 spiro atoms. The summed E-state index contributed by atoms with van der Waals surface area (Å²) in [6.45, 7) is 3.74. The highest BCUT2D eigenvalue weighted by molar-refractivity contribution is 5.15. The van der Waals surface area contributed by atoms with E-state index in [0.29, 0.717) is 24.4 Å². The van der Waals surface area contributed by atoms with Gasteiger partial charge in [-0.3, -0.25) is 9.69 Å². The van der Waals surface area contributed by atoms with E-state index >= 15 is 0 Å². The van der Waals surface area contributed by atoms with E-state index in [0.717, 1.165) is 44.9 Å². The molecule has 0 bridgehead atoms. The lowest BCUT2D eigenvalue weighted by atomic mass is 9.90. The lowest BCUT2D eigenvalue weighted by molar-refractivity contribution is 0.131. The van der Waals surface area contributed by atoms with Crippen molar-refractivity contribution in [3.05, 3.63) is 28.3 Å². The summed E-state index contributed by atoms with van der Waals surface area (Å²) in [6.07, 6.45) is 6.51. The normalized spacial score (nSPS) is 23.1. The van der Waals surface area contributed by atoms with Crippen LogP contribution < -0.4 is 11.2 Å². The predicted octanol–water partition coefficient (Wildman–Crippen LogP) is 1.83. The summed E-state index contributed by atoms with van der Waals surface area (Å²) in [6, 6.07) is 2.22. The standard InChI is InChI=1S/C15H24N2O3/c1-2-7-17(12-5-3-11(16)4-6-12)9-13-8-14(18)15(19)10-20-13/h8,10-12,19H,2-7,9,16H2,1H3. The summed E-state index contributed by atoms with van der Waals surface area (Å²) in [5.41, 5.74) is 5.57. The van der Waals surface area contributed by atoms with Gasteiger partial charge in [-0.2, -0.15) is 0 Å². The largest absolute Gasteiger partial charge is 0.502 e. The zero-order valence-corrected chi connectivity index (χ0v) is 12.0. The first kappa shape index (κ1) is 15.1. The minimum Gasteiger partial charge on any atom is -0.502 e. The van der Waals surface area contributed by atoms with Crippen LogP contribution in [-0.2, 0) is 6.54 Å². The highest BCUT2D eigenvalue weighted by Gasteiger charge is 2.24. The molecule has 1 fully saturated rings. The maximum absolute atomic E-state index is 11.5. The van der Waals surface area contributed by atoms with Gasteiger partial charge in [0.05, 0.1) is 6.54 Å². The summed E-state index contributed by atoms with van der Waals surface area (Å²) in [4.78, 5) is 13.8. The Morgan fingerprint density at radius 1 is 1.40 bits per heavy atom. The van der Waals surface area contributed by atoms with Gasteiger partial charge >= 0.3 is 0 Å². The summed E-state index contributed by atoms with van der Waals surface area (Å²) in [5, 5.41) is 9.23. The molecule has 1 saturated carbocycles. The maximum atomic E-state index is 11.5. The lowest BCUT2D eigenvalue weighted by Gasteiger charge is -2.35. The molecule has 1 aliphatic rings. The topological polar surface area (TPSA) is 79.7 Å². The smallest absolute Gasteiger partial charge is 0.226 e. The van der Waals surface area contributed by atoms with Crippen LogP contribution in [0, 0.1) is 0 Å². The van der Waals surface area contributed by atoms with Gasteiger partial charge in [-0.15, -0.1) is 0 Å². The predicted molar refractivity (Wildman–Crippen MR) is 77.6 cm³/mol. The summed E-state index contributed by atoms with van der Waals surface area (Å²) < 4.78 is 5.31. The molecule has 1 aromatic heterocycles. The second-order valence-corrected chi connectivity index (χ2v) is 5.63. The zero-order valence-electron chi connectivity index (χ0n) is 12.0. The van der Waals surface area contributed by atoms with Crippen molar-refractivity contribution in [2.24, 2.45) is 5.73 Å². The summed E-state index contributed by atoms with van der Waals surface area (Å²) >= 11 is 0. The zero-order chi connectivity index (χ0) is 14.5. The molecule has 1 aromatic rings. The number of nitrogens with two attached hydrogens (primary N) is 1. The van der Waals surface area contributed by atoms with Gasteiger partial charge < -0.3 is 15.3 Å². The number of aromatic hydroxyl groups is 1. The van der Waals surface area contributed by atoms with Crippen LogP contribution >= 0.6 is 0 Å². The lowest BCUT2D eigenvalue weighted by Crippen LogP contribution is -2.41. The highest BCUT2D eigenvalue weighted by atomic mass is 16.4. The van der Waals surface area contributed by atoms with Crippen LogP contribution in [0.1, 0.15) is 44.8 Å². The van der Waals surface area contributed by atoms with Crippen molar-refractivity contribution in [1.29, 1.82) is 0 Å². The van der Waals surface area contributed by atoms with E-state index in [9.17, 15) is 9.90 Å². The van der Waals surface area contributed by atoms with E-state index in [4.69, 9.17) is 10.2 Å². The molecular weight excluding hydrogens is 256 g/mol. The molecule has 0 radical (unpaired) electrons. The molecule has 0 amide bonds. The molecule has 3 N–H and O–H groups in total. The average molecular weight is 280 g/mol. The van der Waals surface area contributed by atoms with Crippen molar-refractivity contribution in [1.82, 2.24) is 4.90 Å². The molecule has 112 valence electrons. The van der Waals surface area contributed by atoms with Gasteiger partial charge in [0.25, 0.3) is 0 Å². The van der Waals surface area contributed by atoms with Gasteiger partial charge in [-0.05, 0) is 38.6 Å². The van der Waals surface area contributed by atoms with E-state index in [-0.39, 0.29) is 11.2 Å². The fraction of sp³-hybridized carbons (Fsp3) is 0.667. The molecule has 0 unspecified atom stereocenters. The third kappa shape index (κ3) is 3.84. The van der Waals surface area contributed by atoms with Crippen LogP contribution in [0.4, 0.5) is 0 Å². The van der Waals surface area contributed by atoms with Gasteiger partial charge in [0.1, 0.15) is 12.0 Å². The van der Waals surface area contributed by atoms with Crippen molar-refractivity contribution < 1.29 is 9.52 Å². The highest BCUT2D eigenvalue weighted by Crippen LogP contribution is 2.23. The molecule has 0 saturated heterocycles. The molecule has 2 rings (SSSR count). The van der Waals surface area contributed by atoms with Crippen LogP contribution in [0.2, 0.25) is 0 Å². The Morgan fingerprint density at radius 3 is 2.70 bits per heavy atom. The molecule has 0 aliphatic heterocycles. The number of nitrogens with zero attached hydrogens (tertiary/aromatic N) is 1. The Hall–Kier alpha value is -1.33. The second kappa shape index (κ2) is 6.90. The van der Waals surface area contributed by atoms with Crippen molar-refractivity contribution in [3.63, 3.8) is 0 Å². The Kier molecular flexibility index (Phi) is 5.20. The van der Waals surface area contributed by atoms with E-state index in [1.165, 1.54) is 6.07 Å². The number of rotatable bonds is 5. The Morgan fingerprint density at radius 2 is 2.10 bits per heavy atom. The summed E-state index contributed by atoms with van der Waals surface area (Å²) in [7, 11) is 0. The minimum atomic E-state index is -0.381. The van der Waals surface area contributed by atoms with E-state index in [2.05, 4.69) is 11.8 Å². The van der Waals surface area contributed by atoms with Crippen molar-refractivity contribution in [3.8, 4) is 5.75 Å². The first-order valence-corrected chi connectivity index (χ1v) is 7.40. The number of hydrogen-bond donors (Lipinski definition) is 2. The van der Waals surface area contributed by atoms with Crippen molar-refractivity contribution in [2.45, 2.75) is 57.7 Å². The van der Waals surface area contributed by atoms with Crippen molar-refractivity contribution in [2.75, 3.05) is 6.54 Å².